The minimum Gasteiger partial charge on any atom is -0.399 e. The molecule has 2 rings (SSSR count). The topological polar surface area (TPSA) is 60.9 Å². The van der Waals surface area contributed by atoms with Crippen molar-refractivity contribution in [2.45, 2.75) is 13.5 Å². The van der Waals surface area contributed by atoms with Gasteiger partial charge in [0.1, 0.15) is 10.3 Å². The molecule has 1 aromatic heterocycles. The molecule has 94 valence electrons. The van der Waals surface area contributed by atoms with Crippen LogP contribution in [0.5, 0.6) is 0 Å². The third-order valence-electron chi connectivity index (χ3n) is 2.61. The molecule has 1 heterocycles. The zero-order valence-electron chi connectivity index (χ0n) is 9.65. The Morgan fingerprint density at radius 2 is 2.22 bits per heavy atom. The van der Waals surface area contributed by atoms with E-state index in [0.29, 0.717) is 27.6 Å². The average Bonchev–Trinajstić information content (AvgIpc) is 2.32. The van der Waals surface area contributed by atoms with Crippen molar-refractivity contribution in [1.29, 1.82) is 0 Å². The molecule has 2 aromatic rings. The summed E-state index contributed by atoms with van der Waals surface area (Å²) in [6.45, 7) is 2.15. The molecule has 0 fully saturated rings. The number of rotatable bonds is 2. The second kappa shape index (κ2) is 5.12. The molecule has 0 saturated heterocycles. The van der Waals surface area contributed by atoms with E-state index in [4.69, 9.17) is 17.3 Å². The number of halogens is 2. The van der Waals surface area contributed by atoms with E-state index < -0.39 is 0 Å². The monoisotopic (exact) mass is 327 g/mol. The predicted octanol–water partition coefficient (Wildman–Crippen LogP) is 2.60. The number of nitrogen functional groups attached to an aromatic ring is 1. The highest BCUT2D eigenvalue weighted by Crippen LogP contribution is 2.20. The molecule has 1 aromatic carbocycles. The van der Waals surface area contributed by atoms with Gasteiger partial charge in [0.2, 0.25) is 0 Å². The van der Waals surface area contributed by atoms with Crippen LogP contribution in [0.2, 0.25) is 5.02 Å². The molecule has 0 radical (unpaired) electrons. The minimum absolute atomic E-state index is 0.129. The van der Waals surface area contributed by atoms with Gasteiger partial charge in [0, 0.05) is 16.9 Å². The standard InChI is InChI=1S/C12H11BrClN3O/c1-7-16-5-10(13)12(18)17(7)6-8-2-3-9(15)4-11(8)14/h2-5H,6,15H2,1H3. The van der Waals surface area contributed by atoms with Gasteiger partial charge in [-0.1, -0.05) is 17.7 Å². The van der Waals surface area contributed by atoms with E-state index in [9.17, 15) is 4.79 Å². The van der Waals surface area contributed by atoms with Crippen molar-refractivity contribution in [3.63, 3.8) is 0 Å². The van der Waals surface area contributed by atoms with Crippen LogP contribution in [0.3, 0.4) is 0 Å². The van der Waals surface area contributed by atoms with Crippen molar-refractivity contribution in [2.75, 3.05) is 5.73 Å². The number of nitrogens with zero attached hydrogens (tertiary/aromatic N) is 2. The van der Waals surface area contributed by atoms with Gasteiger partial charge in [0.05, 0.1) is 6.54 Å². The largest absolute Gasteiger partial charge is 0.399 e. The highest BCUT2D eigenvalue weighted by atomic mass is 79.9. The summed E-state index contributed by atoms with van der Waals surface area (Å²) in [6, 6.07) is 5.24. The molecule has 18 heavy (non-hydrogen) atoms. The molecule has 0 spiro atoms. The summed E-state index contributed by atoms with van der Waals surface area (Å²) in [5.74, 6) is 0.635. The van der Waals surface area contributed by atoms with E-state index >= 15 is 0 Å². The Balaban J connectivity index is 2.46. The molecule has 0 unspecified atom stereocenters. The maximum Gasteiger partial charge on any atom is 0.268 e. The smallest absolute Gasteiger partial charge is 0.268 e. The molecular weight excluding hydrogens is 318 g/mol. The van der Waals surface area contributed by atoms with Crippen molar-refractivity contribution in [1.82, 2.24) is 9.55 Å². The van der Waals surface area contributed by atoms with E-state index in [1.54, 1.807) is 23.6 Å². The minimum atomic E-state index is -0.129. The van der Waals surface area contributed by atoms with Crippen LogP contribution in [0, 0.1) is 6.92 Å². The van der Waals surface area contributed by atoms with Crippen LogP contribution in [0.25, 0.3) is 0 Å². The third-order valence-corrected chi connectivity index (χ3v) is 3.51. The fraction of sp³-hybridized carbons (Fsp3) is 0.167. The van der Waals surface area contributed by atoms with E-state index in [2.05, 4.69) is 20.9 Å². The zero-order valence-corrected chi connectivity index (χ0v) is 12.0. The Labute approximate surface area is 118 Å². The van der Waals surface area contributed by atoms with Crippen LogP contribution in [-0.4, -0.2) is 9.55 Å². The lowest BCUT2D eigenvalue weighted by molar-refractivity contribution is 0.695. The molecule has 6 heteroatoms. The molecule has 0 aliphatic carbocycles. The lowest BCUT2D eigenvalue weighted by atomic mass is 10.2. The molecule has 0 saturated carbocycles. The van der Waals surface area contributed by atoms with Gasteiger partial charge in [-0.15, -0.1) is 0 Å². The predicted molar refractivity (Wildman–Crippen MR) is 75.9 cm³/mol. The van der Waals surface area contributed by atoms with Gasteiger partial charge < -0.3 is 5.73 Å². The van der Waals surface area contributed by atoms with Crippen LogP contribution in [0.4, 0.5) is 5.69 Å². The number of aromatic nitrogens is 2. The SMILES string of the molecule is Cc1ncc(Br)c(=O)n1Cc1ccc(N)cc1Cl. The van der Waals surface area contributed by atoms with Crippen molar-refractivity contribution in [3.8, 4) is 0 Å². The maximum absolute atomic E-state index is 12.0. The quantitative estimate of drug-likeness (QED) is 0.862. The number of anilines is 1. The molecule has 0 amide bonds. The normalized spacial score (nSPS) is 10.6. The van der Waals surface area contributed by atoms with Crippen molar-refractivity contribution in [3.05, 3.63) is 55.6 Å². The van der Waals surface area contributed by atoms with E-state index in [1.807, 2.05) is 6.07 Å². The Kier molecular flexibility index (Phi) is 3.73. The number of aryl methyl sites for hydroxylation is 1. The number of nitrogens with two attached hydrogens (primary N) is 1. The summed E-state index contributed by atoms with van der Waals surface area (Å²) in [5.41, 5.74) is 6.93. The Bertz CT molecular complexity index is 654. The first-order valence-electron chi connectivity index (χ1n) is 5.25. The first kappa shape index (κ1) is 13.1. The Hall–Kier alpha value is -1.33. The van der Waals surface area contributed by atoms with Gasteiger partial charge >= 0.3 is 0 Å². The van der Waals surface area contributed by atoms with Crippen molar-refractivity contribution < 1.29 is 0 Å². The van der Waals surface area contributed by atoms with Crippen LogP contribution >= 0.6 is 27.5 Å². The summed E-state index contributed by atoms with van der Waals surface area (Å²) in [5, 5.41) is 0.543. The highest BCUT2D eigenvalue weighted by Gasteiger charge is 2.08. The van der Waals surface area contributed by atoms with Gasteiger partial charge in [-0.3, -0.25) is 9.36 Å². The zero-order chi connectivity index (χ0) is 13.3. The summed E-state index contributed by atoms with van der Waals surface area (Å²) in [4.78, 5) is 16.1. The third kappa shape index (κ3) is 2.57. The second-order valence-corrected chi connectivity index (χ2v) is 5.16. The average molecular weight is 329 g/mol. The van der Waals surface area contributed by atoms with Gasteiger partial charge in [0.25, 0.3) is 5.56 Å². The molecule has 4 nitrogen and oxygen atoms in total. The molecule has 0 atom stereocenters. The first-order chi connectivity index (χ1) is 8.49. The number of hydrogen-bond acceptors (Lipinski definition) is 3. The summed E-state index contributed by atoms with van der Waals surface area (Å²) < 4.78 is 1.99. The fourth-order valence-corrected chi connectivity index (χ4v) is 2.16. The van der Waals surface area contributed by atoms with E-state index in [1.165, 1.54) is 6.20 Å². The second-order valence-electron chi connectivity index (χ2n) is 3.90. The van der Waals surface area contributed by atoms with Crippen LogP contribution in [-0.2, 0) is 6.54 Å². The van der Waals surface area contributed by atoms with E-state index in [-0.39, 0.29) is 5.56 Å². The van der Waals surface area contributed by atoms with E-state index in [0.717, 1.165) is 5.56 Å². The number of benzene rings is 1. The van der Waals surface area contributed by atoms with Gasteiger partial charge in [-0.2, -0.15) is 0 Å². The summed E-state index contributed by atoms with van der Waals surface area (Å²) in [6.07, 6.45) is 1.50. The van der Waals surface area contributed by atoms with Crippen LogP contribution in [0.1, 0.15) is 11.4 Å². The van der Waals surface area contributed by atoms with Crippen molar-refractivity contribution >= 4 is 33.2 Å². The highest BCUT2D eigenvalue weighted by molar-refractivity contribution is 9.10. The van der Waals surface area contributed by atoms with Gasteiger partial charge in [-0.25, -0.2) is 4.98 Å². The lowest BCUT2D eigenvalue weighted by Gasteiger charge is -2.11. The lowest BCUT2D eigenvalue weighted by Crippen LogP contribution is -2.24. The number of hydrogen-bond donors (Lipinski definition) is 1. The van der Waals surface area contributed by atoms with Crippen LogP contribution < -0.4 is 11.3 Å². The Morgan fingerprint density at radius 3 is 2.89 bits per heavy atom. The van der Waals surface area contributed by atoms with Crippen LogP contribution in [0.15, 0.2) is 33.7 Å². The first-order valence-corrected chi connectivity index (χ1v) is 6.42. The fourth-order valence-electron chi connectivity index (χ4n) is 1.60. The molecule has 0 aliphatic heterocycles. The summed E-state index contributed by atoms with van der Waals surface area (Å²) in [7, 11) is 0. The summed E-state index contributed by atoms with van der Waals surface area (Å²) >= 11 is 9.27. The molecule has 0 aliphatic rings. The van der Waals surface area contributed by atoms with Gasteiger partial charge in [-0.05, 0) is 40.5 Å². The Morgan fingerprint density at radius 1 is 1.50 bits per heavy atom. The molecule has 0 bridgehead atoms. The van der Waals surface area contributed by atoms with Gasteiger partial charge in [0.15, 0.2) is 0 Å². The maximum atomic E-state index is 12.0. The molecule has 2 N–H and O–H groups in total. The molecular formula is C12H11BrClN3O. The van der Waals surface area contributed by atoms with Crippen molar-refractivity contribution in [2.24, 2.45) is 0 Å².